The molecular weight excluding hydrogens is 314 g/mol. The van der Waals surface area contributed by atoms with Gasteiger partial charge in [0.15, 0.2) is 0 Å². The van der Waals surface area contributed by atoms with E-state index in [1.54, 1.807) is 17.5 Å². The fraction of sp³-hybridized carbons (Fsp3) is 0.500. The predicted octanol–water partition coefficient (Wildman–Crippen LogP) is 2.19. The minimum Gasteiger partial charge on any atom is -0.381 e. The van der Waals surface area contributed by atoms with Gasteiger partial charge in [-0.2, -0.15) is 16.4 Å². The number of aromatic nitrogens is 2. The molecule has 4 rings (SSSR count). The van der Waals surface area contributed by atoms with Crippen molar-refractivity contribution in [3.63, 3.8) is 0 Å². The molecule has 7 heteroatoms. The van der Waals surface area contributed by atoms with Crippen LogP contribution in [0.4, 0.5) is 0 Å². The first-order valence-electron chi connectivity index (χ1n) is 7.87. The number of nitrogens with zero attached hydrogens (tertiary/aromatic N) is 2. The molecule has 0 aliphatic carbocycles. The van der Waals surface area contributed by atoms with Crippen LogP contribution in [0.5, 0.6) is 0 Å². The maximum Gasteiger partial charge on any atom is 0.257 e. The molecule has 2 unspecified atom stereocenters. The summed E-state index contributed by atoms with van der Waals surface area (Å²) in [6, 6.07) is 2.06. The zero-order chi connectivity index (χ0) is 15.6. The van der Waals surface area contributed by atoms with E-state index in [0.717, 1.165) is 24.3 Å². The molecule has 1 amide bonds. The van der Waals surface area contributed by atoms with Crippen molar-refractivity contribution in [1.82, 2.24) is 15.1 Å². The molecule has 2 aromatic heterocycles. The average molecular weight is 333 g/mol. The summed E-state index contributed by atoms with van der Waals surface area (Å²) in [6.07, 6.45) is 2.54. The second-order valence-electron chi connectivity index (χ2n) is 5.93. The Morgan fingerprint density at radius 2 is 2.39 bits per heavy atom. The molecule has 6 nitrogen and oxygen atoms in total. The second kappa shape index (κ2) is 6.43. The lowest BCUT2D eigenvalue weighted by atomic mass is 10.0. The second-order valence-corrected chi connectivity index (χ2v) is 6.71. The third-order valence-electron chi connectivity index (χ3n) is 4.51. The Morgan fingerprint density at radius 1 is 1.43 bits per heavy atom. The Hall–Kier alpha value is -1.70. The van der Waals surface area contributed by atoms with Gasteiger partial charge < -0.3 is 14.4 Å². The zero-order valence-corrected chi connectivity index (χ0v) is 13.6. The number of carbonyl (C=O) groups excluding carboxylic acids is 1. The molecule has 2 atom stereocenters. The number of thiophene rings is 1. The van der Waals surface area contributed by atoms with Crippen LogP contribution in [0.15, 0.2) is 23.0 Å². The van der Waals surface area contributed by atoms with Crippen LogP contribution < -0.4 is 0 Å². The lowest BCUT2D eigenvalue weighted by molar-refractivity contribution is -0.0226. The summed E-state index contributed by atoms with van der Waals surface area (Å²) in [6.45, 7) is 3.16. The lowest BCUT2D eigenvalue weighted by Gasteiger charge is -2.32. The van der Waals surface area contributed by atoms with Crippen molar-refractivity contribution in [2.24, 2.45) is 0 Å². The number of aromatic amines is 1. The van der Waals surface area contributed by atoms with E-state index in [2.05, 4.69) is 21.6 Å². The number of amides is 1. The molecule has 2 saturated heterocycles. The van der Waals surface area contributed by atoms with E-state index in [0.29, 0.717) is 31.9 Å². The number of ether oxygens (including phenoxy) is 2. The van der Waals surface area contributed by atoms with Crippen LogP contribution in [0.25, 0.3) is 0 Å². The van der Waals surface area contributed by atoms with Gasteiger partial charge >= 0.3 is 0 Å². The number of nitrogens with one attached hydrogen (secondary N) is 1. The van der Waals surface area contributed by atoms with Crippen LogP contribution >= 0.6 is 11.3 Å². The summed E-state index contributed by atoms with van der Waals surface area (Å²) < 4.78 is 11.3. The third kappa shape index (κ3) is 2.91. The quantitative estimate of drug-likeness (QED) is 0.935. The van der Waals surface area contributed by atoms with Crippen LogP contribution in [-0.4, -0.2) is 53.9 Å². The highest BCUT2D eigenvalue weighted by Crippen LogP contribution is 2.29. The molecule has 0 bridgehead atoms. The van der Waals surface area contributed by atoms with E-state index in [9.17, 15) is 4.79 Å². The highest BCUT2D eigenvalue weighted by atomic mass is 32.1. The Labute approximate surface area is 138 Å². The van der Waals surface area contributed by atoms with Crippen molar-refractivity contribution in [3.05, 3.63) is 39.8 Å². The van der Waals surface area contributed by atoms with Crippen molar-refractivity contribution in [3.8, 4) is 0 Å². The molecule has 0 saturated carbocycles. The van der Waals surface area contributed by atoms with Crippen LogP contribution in [0.2, 0.25) is 0 Å². The summed E-state index contributed by atoms with van der Waals surface area (Å²) in [7, 11) is 0. The molecule has 1 N–H and O–H groups in total. The summed E-state index contributed by atoms with van der Waals surface area (Å²) in [5.74, 6) is 0.273. The highest BCUT2D eigenvalue weighted by molar-refractivity contribution is 7.07. The van der Waals surface area contributed by atoms with Gasteiger partial charge in [-0.3, -0.25) is 9.89 Å². The molecule has 2 aromatic rings. The smallest absolute Gasteiger partial charge is 0.257 e. The molecule has 0 spiro atoms. The Kier molecular flexibility index (Phi) is 4.15. The lowest BCUT2D eigenvalue weighted by Crippen LogP contribution is -2.42. The van der Waals surface area contributed by atoms with Gasteiger partial charge in [0, 0.05) is 19.1 Å². The predicted molar refractivity (Wildman–Crippen MR) is 85.7 cm³/mol. The van der Waals surface area contributed by atoms with Crippen LogP contribution in [0.3, 0.4) is 0 Å². The van der Waals surface area contributed by atoms with Gasteiger partial charge in [-0.25, -0.2) is 0 Å². The van der Waals surface area contributed by atoms with E-state index in [1.807, 2.05) is 10.3 Å². The normalized spacial score (nSPS) is 25.0. The van der Waals surface area contributed by atoms with Crippen LogP contribution in [0, 0.1) is 0 Å². The first-order chi connectivity index (χ1) is 11.3. The Morgan fingerprint density at radius 3 is 3.17 bits per heavy atom. The summed E-state index contributed by atoms with van der Waals surface area (Å²) in [5.41, 5.74) is 2.72. The average Bonchev–Trinajstić information content (AvgIpc) is 3.35. The largest absolute Gasteiger partial charge is 0.381 e. The summed E-state index contributed by atoms with van der Waals surface area (Å²) >= 11 is 1.65. The zero-order valence-electron chi connectivity index (χ0n) is 12.7. The molecule has 0 radical (unpaired) electrons. The van der Waals surface area contributed by atoms with E-state index in [-0.39, 0.29) is 17.9 Å². The van der Waals surface area contributed by atoms with E-state index in [1.165, 1.54) is 0 Å². The number of rotatable bonds is 3. The summed E-state index contributed by atoms with van der Waals surface area (Å²) in [5, 5.41) is 11.2. The molecule has 2 fully saturated rings. The number of H-pyrrole nitrogens is 1. The van der Waals surface area contributed by atoms with Crippen LogP contribution in [0.1, 0.15) is 40.1 Å². The van der Waals surface area contributed by atoms with Gasteiger partial charge in [0.25, 0.3) is 5.91 Å². The van der Waals surface area contributed by atoms with Gasteiger partial charge in [-0.15, -0.1) is 0 Å². The molecule has 2 aliphatic rings. The number of carbonyl (C=O) groups is 1. The monoisotopic (exact) mass is 333 g/mol. The third-order valence-corrected chi connectivity index (χ3v) is 5.21. The van der Waals surface area contributed by atoms with Crippen molar-refractivity contribution in [2.45, 2.75) is 18.4 Å². The molecule has 122 valence electrons. The Balaban J connectivity index is 1.51. The van der Waals surface area contributed by atoms with E-state index in [4.69, 9.17) is 9.47 Å². The van der Waals surface area contributed by atoms with Gasteiger partial charge in [0.05, 0.1) is 37.2 Å². The number of hydrogen-bond donors (Lipinski definition) is 1. The van der Waals surface area contributed by atoms with Crippen molar-refractivity contribution >= 4 is 17.2 Å². The fourth-order valence-electron chi connectivity index (χ4n) is 3.20. The van der Waals surface area contributed by atoms with E-state index >= 15 is 0 Å². The van der Waals surface area contributed by atoms with Crippen molar-refractivity contribution in [2.75, 3.05) is 32.9 Å². The van der Waals surface area contributed by atoms with E-state index < -0.39 is 0 Å². The topological polar surface area (TPSA) is 67.5 Å². The maximum atomic E-state index is 12.9. The van der Waals surface area contributed by atoms with Crippen molar-refractivity contribution < 1.29 is 14.3 Å². The van der Waals surface area contributed by atoms with Gasteiger partial charge in [-0.1, -0.05) is 0 Å². The highest BCUT2D eigenvalue weighted by Gasteiger charge is 2.31. The molecule has 4 heterocycles. The number of morpholine rings is 1. The van der Waals surface area contributed by atoms with Gasteiger partial charge in [-0.05, 0) is 28.8 Å². The SMILES string of the molecule is O=C(c1cn[nH]c1C1CCOC1)N1CCOC(c2ccsc2)C1. The van der Waals surface area contributed by atoms with Crippen LogP contribution in [-0.2, 0) is 9.47 Å². The Bertz CT molecular complexity index is 664. The number of hydrogen-bond acceptors (Lipinski definition) is 5. The first kappa shape index (κ1) is 14.9. The minimum atomic E-state index is -0.0379. The first-order valence-corrected chi connectivity index (χ1v) is 8.81. The molecule has 23 heavy (non-hydrogen) atoms. The summed E-state index contributed by atoms with van der Waals surface area (Å²) in [4.78, 5) is 14.8. The van der Waals surface area contributed by atoms with Crippen molar-refractivity contribution in [1.29, 1.82) is 0 Å². The molecule has 0 aromatic carbocycles. The molecular formula is C16H19N3O3S. The van der Waals surface area contributed by atoms with Gasteiger partial charge in [0.2, 0.25) is 0 Å². The maximum absolute atomic E-state index is 12.9. The molecule has 2 aliphatic heterocycles. The minimum absolute atomic E-state index is 0.0316. The van der Waals surface area contributed by atoms with Gasteiger partial charge in [0.1, 0.15) is 6.10 Å². The fourth-order valence-corrected chi connectivity index (χ4v) is 3.91. The standard InChI is InChI=1S/C16H19N3O3S/c20-16(13-7-17-18-15(13)11-1-4-21-9-11)19-3-5-22-14(8-19)12-2-6-23-10-12/h2,6-7,10-11,14H,1,3-5,8-9H2,(H,17,18).